The average molecular weight is 687 g/mol. The van der Waals surface area contributed by atoms with E-state index < -0.39 is 18.0 Å². The van der Waals surface area contributed by atoms with Gasteiger partial charge in [0.2, 0.25) is 0 Å². The summed E-state index contributed by atoms with van der Waals surface area (Å²) in [5, 5.41) is 5.43. The van der Waals surface area contributed by atoms with Crippen LogP contribution in [-0.4, -0.2) is 5.43 Å². The fourth-order valence-electron chi connectivity index (χ4n) is 5.42. The molecule has 0 atom stereocenters. The molecule has 0 amide bonds. The Hall–Kier alpha value is -2.22. The van der Waals surface area contributed by atoms with E-state index in [0.29, 0.717) is 0 Å². The van der Waals surface area contributed by atoms with Crippen LogP contribution in [0.1, 0.15) is 36.1 Å². The van der Waals surface area contributed by atoms with Crippen LogP contribution in [0.15, 0.2) is 109 Å². The fourth-order valence-corrected chi connectivity index (χ4v) is 5.42. The van der Waals surface area contributed by atoms with Crippen molar-refractivity contribution in [2.75, 3.05) is 0 Å². The molecular weight excluding hydrogens is 647 g/mol. The van der Waals surface area contributed by atoms with E-state index in [1.165, 1.54) is 66.1 Å². The third-order valence-corrected chi connectivity index (χ3v) is 27.3. The number of benzene rings is 4. The van der Waals surface area contributed by atoms with Gasteiger partial charge in [-0.2, -0.15) is 12.1 Å². The zero-order chi connectivity index (χ0) is 30.2. The Bertz CT molecular complexity index is 1680. The number of rotatable bonds is 4. The van der Waals surface area contributed by atoms with Crippen molar-refractivity contribution in [3.63, 3.8) is 0 Å². The Balaban J connectivity index is 0.000000162. The first kappa shape index (κ1) is 32.7. The minimum atomic E-state index is -1.65. The van der Waals surface area contributed by atoms with Gasteiger partial charge in [-0.3, -0.25) is 0 Å². The van der Waals surface area contributed by atoms with Gasteiger partial charge in [0, 0.05) is 0 Å². The van der Waals surface area contributed by atoms with Crippen molar-refractivity contribution in [3.05, 3.63) is 131 Å². The van der Waals surface area contributed by atoms with Crippen LogP contribution in [0.2, 0.25) is 13.1 Å². The molecule has 0 aromatic heterocycles. The molecule has 0 aliphatic rings. The summed E-state index contributed by atoms with van der Waals surface area (Å²) in [7, 11) is 11.2. The van der Waals surface area contributed by atoms with E-state index in [0.717, 1.165) is 12.8 Å². The second kappa shape index (κ2) is 15.5. The van der Waals surface area contributed by atoms with Gasteiger partial charge in [-0.25, -0.2) is 0 Å². The minimum absolute atomic E-state index is 0.224. The third-order valence-electron chi connectivity index (χ3n) is 7.54. The molecule has 0 bridgehead atoms. The van der Waals surface area contributed by atoms with E-state index in [4.69, 9.17) is 17.0 Å². The summed E-state index contributed by atoms with van der Waals surface area (Å²) in [6.45, 7) is 13.1. The van der Waals surface area contributed by atoms with Crippen LogP contribution < -0.4 is 0 Å². The van der Waals surface area contributed by atoms with E-state index in [1.807, 2.05) is 0 Å². The summed E-state index contributed by atoms with van der Waals surface area (Å²) >= 11 is -1.65. The topological polar surface area (TPSA) is 0 Å². The summed E-state index contributed by atoms with van der Waals surface area (Å²) in [4.78, 5) is 0. The number of aryl methyl sites for hydroxylation is 4. The monoisotopic (exact) mass is 684 g/mol. The second-order valence-electron chi connectivity index (χ2n) is 11.0. The quantitative estimate of drug-likeness (QED) is 0.128. The average Bonchev–Trinajstić information content (AvgIpc) is 3.58. The Morgan fingerprint density at radius 1 is 0.571 bits per heavy atom. The Morgan fingerprint density at radius 2 is 0.929 bits per heavy atom. The first-order chi connectivity index (χ1) is 20.2. The van der Waals surface area contributed by atoms with Crippen molar-refractivity contribution in [1.29, 1.82) is 0 Å². The maximum atomic E-state index is 5.62. The van der Waals surface area contributed by atoms with Gasteiger partial charge in [-0.1, -0.05) is 99.5 Å². The summed E-state index contributed by atoms with van der Waals surface area (Å²) in [6, 6.07) is 39.7. The zero-order valence-electron chi connectivity index (χ0n) is 25.6. The SMILES string of the molecule is CCc1ccccc1-c1cccc2[cH-]c(C)cc12.CCc1ccccc1-c1cccc2[cH-]c(C)cc12.C[Si](C)=[Zr]([Cl])[Cl]. The van der Waals surface area contributed by atoms with Gasteiger partial charge >= 0.3 is 53.5 Å². The third kappa shape index (κ3) is 8.03. The molecule has 0 N–H and O–H groups in total. The molecule has 0 saturated heterocycles. The van der Waals surface area contributed by atoms with Crippen molar-refractivity contribution < 1.29 is 18.0 Å². The van der Waals surface area contributed by atoms with Crippen LogP contribution in [-0.2, 0) is 30.8 Å². The van der Waals surface area contributed by atoms with Gasteiger partial charge in [0.15, 0.2) is 0 Å². The van der Waals surface area contributed by atoms with Crippen molar-refractivity contribution in [1.82, 2.24) is 0 Å². The van der Waals surface area contributed by atoms with Crippen LogP contribution in [0.3, 0.4) is 0 Å². The predicted molar refractivity (Wildman–Crippen MR) is 187 cm³/mol. The molecule has 42 heavy (non-hydrogen) atoms. The molecule has 0 aliphatic carbocycles. The molecule has 216 valence electrons. The normalized spacial score (nSPS) is 10.6. The first-order valence-electron chi connectivity index (χ1n) is 14.7. The predicted octanol–water partition coefficient (Wildman–Crippen LogP) is 12.4. The van der Waals surface area contributed by atoms with Crippen LogP contribution in [0, 0.1) is 13.8 Å². The summed E-state index contributed by atoms with van der Waals surface area (Å²) in [6.07, 6.45) is 2.15. The van der Waals surface area contributed by atoms with Gasteiger partial charge in [0.05, 0.1) is 0 Å². The molecule has 0 saturated carbocycles. The zero-order valence-corrected chi connectivity index (χ0v) is 30.5. The van der Waals surface area contributed by atoms with E-state index in [2.05, 4.69) is 150 Å². The van der Waals surface area contributed by atoms with Gasteiger partial charge in [-0.15, -0.1) is 69.1 Å². The molecule has 0 aliphatic heterocycles. The number of halogens is 2. The molecular formula is C38H40Cl2SiZr-2. The Kier molecular flexibility index (Phi) is 12.1. The van der Waals surface area contributed by atoms with Crippen molar-refractivity contribution in [3.8, 4) is 22.3 Å². The molecule has 0 radical (unpaired) electrons. The molecule has 0 heterocycles. The fraction of sp³-hybridized carbons (Fsp3) is 0.211. The molecule has 6 rings (SSSR count). The van der Waals surface area contributed by atoms with Crippen molar-refractivity contribution in [2.24, 2.45) is 0 Å². The molecule has 0 spiro atoms. The molecule has 0 unspecified atom stereocenters. The van der Waals surface area contributed by atoms with Gasteiger partial charge in [0.25, 0.3) is 0 Å². The summed E-state index contributed by atoms with van der Waals surface area (Å²) in [5.41, 5.74) is 10.8. The molecule has 0 fully saturated rings. The van der Waals surface area contributed by atoms with Gasteiger partial charge < -0.3 is 0 Å². The summed E-state index contributed by atoms with van der Waals surface area (Å²) < 4.78 is 0. The number of hydrogen-bond donors (Lipinski definition) is 0. The standard InChI is InChI=1S/2C18H17.C2H6Si.2ClH.Zr/c2*1-3-14-7-4-5-9-16(14)17-10-6-8-15-11-13(2)12-18(15)17;1-3-2;;;/h2*4-12H,3H2,1-2H3;1-2H3;2*1H;/q2*-1;;;;+2/p-2. The van der Waals surface area contributed by atoms with E-state index >= 15 is 0 Å². The Morgan fingerprint density at radius 3 is 1.29 bits per heavy atom. The van der Waals surface area contributed by atoms with E-state index in [1.54, 1.807) is 0 Å². The van der Waals surface area contributed by atoms with Crippen LogP contribution in [0.25, 0.3) is 43.8 Å². The number of fused-ring (bicyclic) bond motifs is 2. The molecule has 4 heteroatoms. The number of hydrogen-bond acceptors (Lipinski definition) is 0. The maximum absolute atomic E-state index is 5.62. The molecule has 6 aromatic carbocycles. The molecule has 0 nitrogen and oxygen atoms in total. The second-order valence-corrected chi connectivity index (χ2v) is 33.9. The van der Waals surface area contributed by atoms with E-state index in [-0.39, 0.29) is 5.43 Å². The van der Waals surface area contributed by atoms with Gasteiger partial charge in [0.1, 0.15) is 0 Å². The van der Waals surface area contributed by atoms with Crippen LogP contribution in [0.5, 0.6) is 0 Å². The first-order valence-corrected chi connectivity index (χ1v) is 27.2. The van der Waals surface area contributed by atoms with E-state index in [9.17, 15) is 0 Å². The van der Waals surface area contributed by atoms with Crippen LogP contribution in [0.4, 0.5) is 0 Å². The summed E-state index contributed by atoms with van der Waals surface area (Å²) in [5.74, 6) is 0. The molecule has 6 aromatic rings. The van der Waals surface area contributed by atoms with Gasteiger partial charge in [-0.05, 0) is 35.1 Å². The van der Waals surface area contributed by atoms with Crippen molar-refractivity contribution in [2.45, 2.75) is 53.6 Å². The Labute approximate surface area is 267 Å². The van der Waals surface area contributed by atoms with Crippen LogP contribution >= 0.6 is 17.0 Å². The van der Waals surface area contributed by atoms with Crippen molar-refractivity contribution >= 4 is 44.0 Å².